The Morgan fingerprint density at radius 3 is 2.83 bits per heavy atom. The van der Waals surface area contributed by atoms with Gasteiger partial charge in [-0.1, -0.05) is 29.8 Å². The van der Waals surface area contributed by atoms with Crippen molar-refractivity contribution in [3.63, 3.8) is 0 Å². The third-order valence-electron chi connectivity index (χ3n) is 2.67. The van der Waals surface area contributed by atoms with E-state index >= 15 is 0 Å². The van der Waals surface area contributed by atoms with Crippen molar-refractivity contribution in [1.29, 1.82) is 0 Å². The van der Waals surface area contributed by atoms with E-state index in [2.05, 4.69) is 4.98 Å². The van der Waals surface area contributed by atoms with Crippen molar-refractivity contribution in [2.45, 2.75) is 0 Å². The second-order valence-corrected chi connectivity index (χ2v) is 5.56. The molecule has 2 heterocycles. The number of carbonyl (C=O) groups is 1. The lowest BCUT2D eigenvalue weighted by atomic mass is 10.1. The molecule has 4 heteroatoms. The van der Waals surface area contributed by atoms with Gasteiger partial charge in [-0.15, -0.1) is 11.3 Å². The number of carbonyl (C=O) groups excluding carboxylic acids is 1. The van der Waals surface area contributed by atoms with Crippen molar-refractivity contribution < 1.29 is 4.79 Å². The summed E-state index contributed by atoms with van der Waals surface area (Å²) >= 11 is 7.13. The van der Waals surface area contributed by atoms with Gasteiger partial charge in [0.05, 0.1) is 14.7 Å². The molecular weight excluding hydrogens is 266 g/mol. The third-order valence-corrected chi connectivity index (χ3v) is 3.90. The first kappa shape index (κ1) is 11.4. The number of pyridine rings is 1. The molecule has 0 atom stereocenters. The van der Waals surface area contributed by atoms with Crippen LogP contribution in [0.15, 0.2) is 48.7 Å². The van der Waals surface area contributed by atoms with Gasteiger partial charge in [-0.05, 0) is 24.3 Å². The molecule has 2 nitrogen and oxygen atoms in total. The molecule has 0 unspecified atom stereocenters. The maximum atomic E-state index is 12.2. The van der Waals surface area contributed by atoms with Crippen LogP contribution in [0, 0.1) is 0 Å². The Labute approximate surface area is 113 Å². The molecule has 0 amide bonds. The number of rotatable bonds is 2. The molecule has 0 aliphatic rings. The quantitative estimate of drug-likeness (QED) is 0.656. The predicted molar refractivity (Wildman–Crippen MR) is 74.5 cm³/mol. The van der Waals surface area contributed by atoms with Crippen LogP contribution in [0.2, 0.25) is 4.34 Å². The fourth-order valence-electron chi connectivity index (χ4n) is 1.79. The van der Waals surface area contributed by atoms with Gasteiger partial charge in [0.2, 0.25) is 5.78 Å². The number of benzene rings is 1. The van der Waals surface area contributed by atoms with E-state index < -0.39 is 0 Å². The molecule has 0 radical (unpaired) electrons. The Kier molecular flexibility index (Phi) is 2.86. The van der Waals surface area contributed by atoms with Crippen LogP contribution >= 0.6 is 22.9 Å². The van der Waals surface area contributed by atoms with E-state index in [1.807, 2.05) is 30.3 Å². The highest BCUT2D eigenvalue weighted by Gasteiger charge is 2.12. The molecule has 0 spiro atoms. The third kappa shape index (κ3) is 2.03. The Bertz CT molecular complexity index is 735. The Hall–Kier alpha value is -1.71. The molecule has 2 aromatic heterocycles. The molecule has 0 bridgehead atoms. The summed E-state index contributed by atoms with van der Waals surface area (Å²) in [5.74, 6) is -0.0144. The second-order valence-electron chi connectivity index (χ2n) is 3.84. The number of aromatic nitrogens is 1. The number of thiophene rings is 1. The van der Waals surface area contributed by atoms with Crippen LogP contribution in [0.5, 0.6) is 0 Å². The largest absolute Gasteiger partial charge is 0.288 e. The normalized spacial score (nSPS) is 10.7. The summed E-state index contributed by atoms with van der Waals surface area (Å²) in [6, 6.07) is 12.9. The smallest absolute Gasteiger partial charge is 0.203 e. The SMILES string of the molecule is O=C(c1ccc2cccnc2c1)c1ccc(Cl)s1. The first-order valence-corrected chi connectivity index (χ1v) is 6.58. The van der Waals surface area contributed by atoms with E-state index in [1.165, 1.54) is 11.3 Å². The number of hydrogen-bond donors (Lipinski definition) is 0. The first-order chi connectivity index (χ1) is 8.74. The van der Waals surface area contributed by atoms with E-state index in [9.17, 15) is 4.79 Å². The molecule has 0 saturated heterocycles. The molecule has 3 rings (SSSR count). The maximum Gasteiger partial charge on any atom is 0.203 e. The standard InChI is InChI=1S/C14H8ClNOS/c15-13-6-5-12(18-13)14(17)10-4-3-9-2-1-7-16-11(9)8-10/h1-8H. The summed E-state index contributed by atoms with van der Waals surface area (Å²) in [5.41, 5.74) is 1.46. The zero-order valence-corrected chi connectivity index (χ0v) is 10.8. The monoisotopic (exact) mass is 273 g/mol. The number of nitrogens with zero attached hydrogens (tertiary/aromatic N) is 1. The number of hydrogen-bond acceptors (Lipinski definition) is 3. The second kappa shape index (κ2) is 4.52. The lowest BCUT2D eigenvalue weighted by molar-refractivity contribution is 0.104. The number of fused-ring (bicyclic) bond motifs is 1. The van der Waals surface area contributed by atoms with Crippen LogP contribution in [0.4, 0.5) is 0 Å². The van der Waals surface area contributed by atoms with Crippen molar-refractivity contribution in [3.8, 4) is 0 Å². The van der Waals surface area contributed by atoms with Crippen molar-refractivity contribution in [2.75, 3.05) is 0 Å². The summed E-state index contributed by atoms with van der Waals surface area (Å²) in [4.78, 5) is 17.1. The molecule has 3 aromatic rings. The van der Waals surface area contributed by atoms with Gasteiger partial charge in [-0.25, -0.2) is 0 Å². The highest BCUT2D eigenvalue weighted by molar-refractivity contribution is 7.18. The summed E-state index contributed by atoms with van der Waals surface area (Å²) in [6.45, 7) is 0. The highest BCUT2D eigenvalue weighted by Crippen LogP contribution is 2.24. The van der Waals surface area contributed by atoms with Gasteiger partial charge in [0.1, 0.15) is 0 Å². The van der Waals surface area contributed by atoms with Crippen LogP contribution < -0.4 is 0 Å². The average molecular weight is 274 g/mol. The van der Waals surface area contributed by atoms with Gasteiger partial charge in [-0.2, -0.15) is 0 Å². The summed E-state index contributed by atoms with van der Waals surface area (Å²) in [7, 11) is 0. The molecule has 0 N–H and O–H groups in total. The zero-order chi connectivity index (χ0) is 12.5. The van der Waals surface area contributed by atoms with Crippen molar-refractivity contribution in [3.05, 3.63) is 63.4 Å². The van der Waals surface area contributed by atoms with E-state index in [0.717, 1.165) is 10.9 Å². The fraction of sp³-hybridized carbons (Fsp3) is 0. The van der Waals surface area contributed by atoms with Gasteiger partial charge < -0.3 is 0 Å². The molecule has 0 aliphatic heterocycles. The van der Waals surface area contributed by atoms with E-state index in [-0.39, 0.29) is 5.78 Å². The molecule has 0 fully saturated rings. The van der Waals surface area contributed by atoms with Crippen LogP contribution in [-0.2, 0) is 0 Å². The summed E-state index contributed by atoms with van der Waals surface area (Å²) < 4.78 is 0.622. The zero-order valence-electron chi connectivity index (χ0n) is 9.26. The first-order valence-electron chi connectivity index (χ1n) is 5.39. The van der Waals surface area contributed by atoms with E-state index in [1.54, 1.807) is 18.3 Å². The van der Waals surface area contributed by atoms with Crippen LogP contribution in [0.25, 0.3) is 10.9 Å². The number of halogens is 1. The minimum atomic E-state index is -0.0144. The predicted octanol–water partition coefficient (Wildman–Crippen LogP) is 4.18. The topological polar surface area (TPSA) is 30.0 Å². The molecule has 18 heavy (non-hydrogen) atoms. The van der Waals surface area contributed by atoms with Crippen LogP contribution in [-0.4, -0.2) is 10.8 Å². The lowest BCUT2D eigenvalue weighted by Crippen LogP contribution is -1.98. The molecule has 88 valence electrons. The van der Waals surface area contributed by atoms with Gasteiger partial charge in [0, 0.05) is 17.1 Å². The minimum Gasteiger partial charge on any atom is -0.288 e. The molecule has 0 saturated carbocycles. The molecule has 0 aliphatic carbocycles. The Morgan fingerprint density at radius 2 is 2.06 bits per heavy atom. The minimum absolute atomic E-state index is 0.0144. The van der Waals surface area contributed by atoms with Crippen molar-refractivity contribution in [2.24, 2.45) is 0 Å². The Balaban J connectivity index is 2.06. The van der Waals surface area contributed by atoms with Gasteiger partial charge in [0.25, 0.3) is 0 Å². The van der Waals surface area contributed by atoms with Crippen molar-refractivity contribution >= 4 is 39.6 Å². The van der Waals surface area contributed by atoms with Crippen molar-refractivity contribution in [1.82, 2.24) is 4.98 Å². The van der Waals surface area contributed by atoms with E-state index in [0.29, 0.717) is 14.8 Å². The number of ketones is 1. The van der Waals surface area contributed by atoms with Gasteiger partial charge in [0.15, 0.2) is 0 Å². The van der Waals surface area contributed by atoms with Crippen LogP contribution in [0.1, 0.15) is 15.2 Å². The highest BCUT2D eigenvalue weighted by atomic mass is 35.5. The lowest BCUT2D eigenvalue weighted by Gasteiger charge is -2.00. The summed E-state index contributed by atoms with van der Waals surface area (Å²) in [5, 5.41) is 1.03. The molecular formula is C14H8ClNOS. The summed E-state index contributed by atoms with van der Waals surface area (Å²) in [6.07, 6.45) is 1.72. The fourth-order valence-corrected chi connectivity index (χ4v) is 2.79. The molecule has 1 aromatic carbocycles. The maximum absolute atomic E-state index is 12.2. The Morgan fingerprint density at radius 1 is 1.17 bits per heavy atom. The van der Waals surface area contributed by atoms with E-state index in [4.69, 9.17) is 11.6 Å². The van der Waals surface area contributed by atoms with Crippen LogP contribution in [0.3, 0.4) is 0 Å². The van der Waals surface area contributed by atoms with Gasteiger partial charge >= 0.3 is 0 Å². The van der Waals surface area contributed by atoms with Gasteiger partial charge in [-0.3, -0.25) is 9.78 Å². The average Bonchev–Trinajstić information content (AvgIpc) is 2.84.